The highest BCUT2D eigenvalue weighted by Gasteiger charge is 2.31. The second-order valence-corrected chi connectivity index (χ2v) is 3.86. The summed E-state index contributed by atoms with van der Waals surface area (Å²) >= 11 is 3.19. The lowest BCUT2D eigenvalue weighted by Crippen LogP contribution is -2.17. The van der Waals surface area contributed by atoms with E-state index in [4.69, 9.17) is 0 Å². The van der Waals surface area contributed by atoms with Crippen molar-refractivity contribution in [2.75, 3.05) is 0 Å². The largest absolute Gasteiger partial charge is 0.573 e. The Morgan fingerprint density at radius 1 is 1.38 bits per heavy atom. The molecule has 0 aliphatic heterocycles. The highest BCUT2D eigenvalue weighted by molar-refractivity contribution is 9.10. The number of hydrogen-bond acceptors (Lipinski definition) is 2. The number of hydrogen-bond donors (Lipinski definition) is 0. The molecule has 88 valence electrons. The van der Waals surface area contributed by atoms with Crippen LogP contribution in [0.4, 0.5) is 13.2 Å². The molecular weight excluding hydrogens is 289 g/mol. The summed E-state index contributed by atoms with van der Waals surface area (Å²) in [6.45, 7) is 0. The van der Waals surface area contributed by atoms with Gasteiger partial charge < -0.3 is 9.53 Å². The number of benzene rings is 1. The lowest BCUT2D eigenvalue weighted by Gasteiger charge is -2.10. The molecule has 0 saturated heterocycles. The van der Waals surface area contributed by atoms with E-state index >= 15 is 0 Å². The second-order valence-electron chi connectivity index (χ2n) is 3.01. The van der Waals surface area contributed by atoms with Crippen LogP contribution in [-0.4, -0.2) is 12.6 Å². The molecule has 0 atom stereocenters. The van der Waals surface area contributed by atoms with E-state index in [2.05, 4.69) is 20.7 Å². The standard InChI is InChI=1S/C10H8BrF3O2/c11-9-4-3-8(16-10(12,13)14)6-7(9)2-1-5-15/h3-6H,1-2H2. The average molecular weight is 297 g/mol. The van der Waals surface area contributed by atoms with Crippen LogP contribution in [0.5, 0.6) is 5.75 Å². The number of aldehydes is 1. The molecule has 6 heteroatoms. The Labute approximate surface area is 98.5 Å². The molecule has 0 radical (unpaired) electrons. The Morgan fingerprint density at radius 3 is 2.62 bits per heavy atom. The molecule has 0 N–H and O–H groups in total. The van der Waals surface area contributed by atoms with Gasteiger partial charge in [0.1, 0.15) is 12.0 Å². The Bertz CT molecular complexity index is 377. The van der Waals surface area contributed by atoms with Crippen LogP contribution in [0.3, 0.4) is 0 Å². The maximum absolute atomic E-state index is 11.9. The summed E-state index contributed by atoms with van der Waals surface area (Å²) < 4.78 is 40.2. The van der Waals surface area contributed by atoms with Gasteiger partial charge in [-0.3, -0.25) is 0 Å². The zero-order valence-corrected chi connectivity index (χ0v) is 9.64. The van der Waals surface area contributed by atoms with Crippen molar-refractivity contribution in [3.63, 3.8) is 0 Å². The molecule has 0 heterocycles. The number of carbonyl (C=O) groups is 1. The van der Waals surface area contributed by atoms with E-state index in [9.17, 15) is 18.0 Å². The number of aryl methyl sites for hydroxylation is 1. The molecule has 0 spiro atoms. The summed E-state index contributed by atoms with van der Waals surface area (Å²) in [7, 11) is 0. The average Bonchev–Trinajstić information content (AvgIpc) is 2.17. The molecule has 0 bridgehead atoms. The number of halogens is 4. The predicted molar refractivity (Wildman–Crippen MR) is 55.2 cm³/mol. The third-order valence-electron chi connectivity index (χ3n) is 1.78. The van der Waals surface area contributed by atoms with Crippen LogP contribution in [0.15, 0.2) is 22.7 Å². The molecule has 1 aromatic rings. The molecule has 0 aromatic heterocycles. The minimum Gasteiger partial charge on any atom is -0.406 e. The quantitative estimate of drug-likeness (QED) is 0.795. The minimum absolute atomic E-state index is 0.258. The van der Waals surface area contributed by atoms with Crippen molar-refractivity contribution in [2.45, 2.75) is 19.2 Å². The molecule has 0 saturated carbocycles. The summed E-state index contributed by atoms with van der Waals surface area (Å²) in [4.78, 5) is 10.2. The normalized spacial score (nSPS) is 11.2. The summed E-state index contributed by atoms with van der Waals surface area (Å²) in [5, 5.41) is 0. The molecule has 2 nitrogen and oxygen atoms in total. The van der Waals surface area contributed by atoms with Gasteiger partial charge in [-0.1, -0.05) is 15.9 Å². The minimum atomic E-state index is -4.70. The Hall–Kier alpha value is -1.04. The molecule has 0 unspecified atom stereocenters. The first-order valence-electron chi connectivity index (χ1n) is 4.40. The van der Waals surface area contributed by atoms with Gasteiger partial charge in [0.2, 0.25) is 0 Å². The SMILES string of the molecule is O=CCCc1cc(OC(F)(F)F)ccc1Br. The van der Waals surface area contributed by atoms with E-state index in [1.165, 1.54) is 18.2 Å². The summed E-state index contributed by atoms with van der Waals surface area (Å²) in [5.41, 5.74) is 0.605. The van der Waals surface area contributed by atoms with E-state index < -0.39 is 6.36 Å². The maximum atomic E-state index is 11.9. The maximum Gasteiger partial charge on any atom is 0.573 e. The third-order valence-corrected chi connectivity index (χ3v) is 2.56. The highest BCUT2D eigenvalue weighted by Crippen LogP contribution is 2.27. The van der Waals surface area contributed by atoms with Gasteiger partial charge in [0.15, 0.2) is 0 Å². The van der Waals surface area contributed by atoms with Gasteiger partial charge in [-0.05, 0) is 30.2 Å². The second kappa shape index (κ2) is 5.34. The Morgan fingerprint density at radius 2 is 2.06 bits per heavy atom. The zero-order valence-electron chi connectivity index (χ0n) is 8.05. The first-order chi connectivity index (χ1) is 7.42. The van der Waals surface area contributed by atoms with Crippen molar-refractivity contribution in [3.05, 3.63) is 28.2 Å². The fourth-order valence-corrected chi connectivity index (χ4v) is 1.60. The fourth-order valence-electron chi connectivity index (χ4n) is 1.15. The lowest BCUT2D eigenvalue weighted by atomic mass is 10.1. The molecule has 1 rings (SSSR count). The van der Waals surface area contributed by atoms with Gasteiger partial charge >= 0.3 is 6.36 Å². The van der Waals surface area contributed by atoms with Crippen molar-refractivity contribution in [2.24, 2.45) is 0 Å². The van der Waals surface area contributed by atoms with E-state index in [1.807, 2.05) is 0 Å². The van der Waals surface area contributed by atoms with E-state index in [0.717, 1.165) is 0 Å². The van der Waals surface area contributed by atoms with Crippen LogP contribution in [0, 0.1) is 0 Å². The molecule has 0 amide bonds. The zero-order chi connectivity index (χ0) is 12.2. The molecule has 0 fully saturated rings. The van der Waals surface area contributed by atoms with Gasteiger partial charge in [-0.25, -0.2) is 0 Å². The van der Waals surface area contributed by atoms with Crippen molar-refractivity contribution in [1.29, 1.82) is 0 Å². The fraction of sp³-hybridized carbons (Fsp3) is 0.300. The summed E-state index contributed by atoms with van der Waals surface area (Å²) in [6.07, 6.45) is -3.35. The predicted octanol–water partition coefficient (Wildman–Crippen LogP) is 3.48. The van der Waals surface area contributed by atoms with Crippen LogP contribution >= 0.6 is 15.9 Å². The van der Waals surface area contributed by atoms with E-state index in [1.54, 1.807) is 0 Å². The van der Waals surface area contributed by atoms with Gasteiger partial charge in [-0.2, -0.15) is 0 Å². The number of ether oxygens (including phenoxy) is 1. The Kier molecular flexibility index (Phi) is 4.35. The Balaban J connectivity index is 2.84. The summed E-state index contributed by atoms with van der Waals surface area (Å²) in [6, 6.07) is 3.93. The smallest absolute Gasteiger partial charge is 0.406 e. The van der Waals surface area contributed by atoms with Crippen LogP contribution < -0.4 is 4.74 Å². The van der Waals surface area contributed by atoms with E-state index in [-0.39, 0.29) is 12.2 Å². The third kappa shape index (κ3) is 4.22. The topological polar surface area (TPSA) is 26.3 Å². The number of rotatable bonds is 4. The van der Waals surface area contributed by atoms with Crippen LogP contribution in [-0.2, 0) is 11.2 Å². The molecular formula is C10H8BrF3O2. The van der Waals surface area contributed by atoms with Gasteiger partial charge in [-0.15, -0.1) is 13.2 Å². The van der Waals surface area contributed by atoms with Crippen molar-refractivity contribution in [1.82, 2.24) is 0 Å². The van der Waals surface area contributed by atoms with Crippen LogP contribution in [0.1, 0.15) is 12.0 Å². The molecule has 0 aliphatic rings. The van der Waals surface area contributed by atoms with Crippen LogP contribution in [0.25, 0.3) is 0 Å². The first-order valence-corrected chi connectivity index (χ1v) is 5.19. The van der Waals surface area contributed by atoms with Gasteiger partial charge in [0.25, 0.3) is 0 Å². The van der Waals surface area contributed by atoms with Gasteiger partial charge in [0.05, 0.1) is 0 Å². The lowest BCUT2D eigenvalue weighted by molar-refractivity contribution is -0.274. The summed E-state index contributed by atoms with van der Waals surface area (Å²) in [5.74, 6) is -0.281. The van der Waals surface area contributed by atoms with Crippen molar-refractivity contribution in [3.8, 4) is 5.75 Å². The van der Waals surface area contributed by atoms with E-state index in [0.29, 0.717) is 22.7 Å². The molecule has 1 aromatic carbocycles. The monoisotopic (exact) mass is 296 g/mol. The highest BCUT2D eigenvalue weighted by atomic mass is 79.9. The van der Waals surface area contributed by atoms with Crippen molar-refractivity contribution < 1.29 is 22.7 Å². The first kappa shape index (κ1) is 13.0. The van der Waals surface area contributed by atoms with Crippen molar-refractivity contribution >= 4 is 22.2 Å². The van der Waals surface area contributed by atoms with Crippen LogP contribution in [0.2, 0.25) is 0 Å². The molecule has 16 heavy (non-hydrogen) atoms. The molecule has 0 aliphatic carbocycles. The number of carbonyl (C=O) groups excluding carboxylic acids is 1. The number of alkyl halides is 3. The van der Waals surface area contributed by atoms with Gasteiger partial charge in [0, 0.05) is 10.9 Å².